The van der Waals surface area contributed by atoms with Crippen LogP contribution < -0.4 is 0 Å². The van der Waals surface area contributed by atoms with E-state index in [0.717, 1.165) is 17.3 Å². The van der Waals surface area contributed by atoms with Gasteiger partial charge in [-0.2, -0.15) is 0 Å². The van der Waals surface area contributed by atoms with Crippen LogP contribution in [0.1, 0.15) is 40.2 Å². The minimum atomic E-state index is -0.170. The van der Waals surface area contributed by atoms with Crippen LogP contribution in [0.15, 0.2) is 24.4 Å². The molecule has 0 amide bonds. The van der Waals surface area contributed by atoms with Crippen LogP contribution in [0.25, 0.3) is 10.9 Å². The van der Waals surface area contributed by atoms with E-state index in [-0.39, 0.29) is 5.82 Å². The highest BCUT2D eigenvalue weighted by molar-refractivity contribution is 5.83. The minimum absolute atomic E-state index is 0.170. The Labute approximate surface area is 97.7 Å². The number of halogens is 1. The normalized spacial score (nSPS) is 8.88. The third-order valence-electron chi connectivity index (χ3n) is 2.11. The third kappa shape index (κ3) is 3.37. The van der Waals surface area contributed by atoms with Crippen LogP contribution in [-0.2, 0) is 6.42 Å². The zero-order valence-electron chi connectivity index (χ0n) is 10.9. The van der Waals surface area contributed by atoms with Gasteiger partial charge in [-0.1, -0.05) is 34.6 Å². The monoisotopic (exact) mass is 223 g/mol. The van der Waals surface area contributed by atoms with E-state index in [9.17, 15) is 4.39 Å². The quantitative estimate of drug-likeness (QED) is 0.706. The van der Waals surface area contributed by atoms with Crippen LogP contribution >= 0.6 is 0 Å². The third-order valence-corrected chi connectivity index (χ3v) is 2.11. The summed E-state index contributed by atoms with van der Waals surface area (Å²) in [6, 6.07) is 4.81. The van der Waals surface area contributed by atoms with Crippen molar-refractivity contribution in [2.24, 2.45) is 0 Å². The average Bonchev–Trinajstić information content (AvgIpc) is 2.76. The van der Waals surface area contributed by atoms with Crippen molar-refractivity contribution in [1.82, 2.24) is 4.98 Å². The van der Waals surface area contributed by atoms with Gasteiger partial charge in [-0.3, -0.25) is 0 Å². The fourth-order valence-electron chi connectivity index (χ4n) is 1.44. The van der Waals surface area contributed by atoms with Gasteiger partial charge in [0.2, 0.25) is 0 Å². The molecule has 0 spiro atoms. The second-order valence-electron chi connectivity index (χ2n) is 2.86. The lowest BCUT2D eigenvalue weighted by Crippen LogP contribution is -1.77. The largest absolute Gasteiger partial charge is 0.361 e. The van der Waals surface area contributed by atoms with Crippen LogP contribution in [-0.4, -0.2) is 4.98 Å². The Bertz CT molecular complexity index is 404. The Kier molecular flexibility index (Phi) is 7.27. The van der Waals surface area contributed by atoms with Crippen molar-refractivity contribution < 1.29 is 4.39 Å². The molecule has 0 aliphatic heterocycles. The first-order chi connectivity index (χ1) is 7.81. The van der Waals surface area contributed by atoms with E-state index in [2.05, 4.69) is 11.9 Å². The van der Waals surface area contributed by atoms with E-state index in [1.807, 2.05) is 33.9 Å². The lowest BCUT2D eigenvalue weighted by molar-refractivity contribution is 0.629. The molecule has 0 unspecified atom stereocenters. The van der Waals surface area contributed by atoms with E-state index in [1.165, 1.54) is 11.6 Å². The zero-order valence-corrected chi connectivity index (χ0v) is 10.9. The smallest absolute Gasteiger partial charge is 0.123 e. The van der Waals surface area contributed by atoms with Gasteiger partial charge >= 0.3 is 0 Å². The average molecular weight is 223 g/mol. The summed E-state index contributed by atoms with van der Waals surface area (Å²) in [5, 5.41) is 0.998. The molecule has 2 rings (SSSR count). The first-order valence-corrected chi connectivity index (χ1v) is 6.07. The molecule has 1 N–H and O–H groups in total. The standard InChI is InChI=1S/C10H10FN.2C2H6/c1-2-7-6-12-10-4-3-8(11)5-9(7)10;2*1-2/h3-6,12H,2H2,1H3;2*1-2H3. The van der Waals surface area contributed by atoms with Crippen molar-refractivity contribution in [1.29, 1.82) is 0 Å². The van der Waals surface area contributed by atoms with Gasteiger partial charge in [0.25, 0.3) is 0 Å². The lowest BCUT2D eigenvalue weighted by atomic mass is 10.1. The minimum Gasteiger partial charge on any atom is -0.361 e. The van der Waals surface area contributed by atoms with Crippen LogP contribution in [0.5, 0.6) is 0 Å². The summed E-state index contributed by atoms with van der Waals surface area (Å²) in [6.07, 6.45) is 2.87. The first-order valence-electron chi connectivity index (χ1n) is 6.07. The fourth-order valence-corrected chi connectivity index (χ4v) is 1.44. The molecule has 0 saturated carbocycles. The first kappa shape index (κ1) is 14.7. The maximum Gasteiger partial charge on any atom is 0.123 e. The summed E-state index contributed by atoms with van der Waals surface area (Å²) in [7, 11) is 0. The molecule has 2 aromatic rings. The summed E-state index contributed by atoms with van der Waals surface area (Å²) >= 11 is 0. The van der Waals surface area contributed by atoms with Gasteiger partial charge in [-0.05, 0) is 30.2 Å². The molecule has 1 aromatic heterocycles. The molecule has 2 heteroatoms. The topological polar surface area (TPSA) is 15.8 Å². The number of fused-ring (bicyclic) bond motifs is 1. The van der Waals surface area contributed by atoms with Crippen LogP contribution in [0.4, 0.5) is 4.39 Å². The summed E-state index contributed by atoms with van der Waals surface area (Å²) in [5.41, 5.74) is 2.18. The molecule has 0 aliphatic rings. The maximum absolute atomic E-state index is 12.8. The molecular weight excluding hydrogens is 201 g/mol. The van der Waals surface area contributed by atoms with Crippen LogP contribution in [0.2, 0.25) is 0 Å². The molecule has 0 saturated heterocycles. The second-order valence-corrected chi connectivity index (χ2v) is 2.86. The Morgan fingerprint density at radius 3 is 2.31 bits per heavy atom. The van der Waals surface area contributed by atoms with E-state index in [4.69, 9.17) is 0 Å². The summed E-state index contributed by atoms with van der Waals surface area (Å²) in [5.74, 6) is -0.170. The van der Waals surface area contributed by atoms with E-state index < -0.39 is 0 Å². The van der Waals surface area contributed by atoms with Crippen LogP contribution in [0, 0.1) is 5.82 Å². The highest BCUT2D eigenvalue weighted by Crippen LogP contribution is 2.19. The Balaban J connectivity index is 0.000000509. The Hall–Kier alpha value is -1.31. The van der Waals surface area contributed by atoms with Gasteiger partial charge in [-0.15, -0.1) is 0 Å². The number of hydrogen-bond acceptors (Lipinski definition) is 0. The molecular formula is C14H22FN. The van der Waals surface area contributed by atoms with Crippen molar-refractivity contribution >= 4 is 10.9 Å². The van der Waals surface area contributed by atoms with Crippen molar-refractivity contribution in [2.45, 2.75) is 41.0 Å². The molecule has 0 fully saturated rings. The van der Waals surface area contributed by atoms with Gasteiger partial charge < -0.3 is 4.98 Å². The van der Waals surface area contributed by atoms with Gasteiger partial charge in [0.05, 0.1) is 0 Å². The number of nitrogens with one attached hydrogen (secondary N) is 1. The van der Waals surface area contributed by atoms with E-state index in [1.54, 1.807) is 12.1 Å². The molecule has 0 bridgehead atoms. The highest BCUT2D eigenvalue weighted by atomic mass is 19.1. The molecule has 1 heterocycles. The Morgan fingerprint density at radius 2 is 1.75 bits per heavy atom. The number of aryl methyl sites for hydroxylation is 1. The predicted molar refractivity (Wildman–Crippen MR) is 70.3 cm³/mol. The maximum atomic E-state index is 12.8. The van der Waals surface area contributed by atoms with Gasteiger partial charge in [-0.25, -0.2) is 4.39 Å². The molecule has 1 nitrogen and oxygen atoms in total. The second kappa shape index (κ2) is 7.91. The summed E-state index contributed by atoms with van der Waals surface area (Å²) < 4.78 is 12.8. The molecule has 16 heavy (non-hydrogen) atoms. The molecule has 0 atom stereocenters. The number of hydrogen-bond donors (Lipinski definition) is 1. The SMILES string of the molecule is CC.CC.CCc1c[nH]c2ccc(F)cc12. The lowest BCUT2D eigenvalue weighted by Gasteiger charge is -1.92. The molecule has 1 aromatic carbocycles. The van der Waals surface area contributed by atoms with Gasteiger partial charge in [0.1, 0.15) is 5.82 Å². The number of aromatic nitrogens is 1. The fraction of sp³-hybridized carbons (Fsp3) is 0.429. The van der Waals surface area contributed by atoms with Gasteiger partial charge in [0.15, 0.2) is 0 Å². The predicted octanol–water partition coefficient (Wildman–Crippen LogP) is 4.92. The highest BCUT2D eigenvalue weighted by Gasteiger charge is 2.01. The number of H-pyrrole nitrogens is 1. The van der Waals surface area contributed by atoms with Crippen molar-refractivity contribution in [2.75, 3.05) is 0 Å². The van der Waals surface area contributed by atoms with Gasteiger partial charge in [0, 0.05) is 17.1 Å². The summed E-state index contributed by atoms with van der Waals surface area (Å²) in [6.45, 7) is 10.1. The van der Waals surface area contributed by atoms with Crippen molar-refractivity contribution in [3.63, 3.8) is 0 Å². The Morgan fingerprint density at radius 1 is 1.12 bits per heavy atom. The van der Waals surface area contributed by atoms with E-state index in [0.29, 0.717) is 0 Å². The summed E-state index contributed by atoms with van der Waals surface area (Å²) in [4.78, 5) is 3.10. The molecule has 0 aliphatic carbocycles. The van der Waals surface area contributed by atoms with Crippen molar-refractivity contribution in [3.05, 3.63) is 35.8 Å². The molecule has 0 radical (unpaired) electrons. The van der Waals surface area contributed by atoms with E-state index >= 15 is 0 Å². The number of benzene rings is 1. The van der Waals surface area contributed by atoms with Crippen molar-refractivity contribution in [3.8, 4) is 0 Å². The zero-order chi connectivity index (χ0) is 12.6. The molecule has 90 valence electrons. The number of rotatable bonds is 1. The number of aromatic amines is 1. The van der Waals surface area contributed by atoms with Crippen LogP contribution in [0.3, 0.4) is 0 Å².